The first-order valence-electron chi connectivity index (χ1n) is 4.72. The molecule has 0 aromatic carbocycles. The molecule has 0 bridgehead atoms. The molecule has 1 fully saturated rings. The van der Waals surface area contributed by atoms with Crippen LogP contribution < -0.4 is 5.32 Å². The maximum Gasteiger partial charge on any atom is 0.250 e. The number of rotatable bonds is 2. The zero-order valence-corrected chi connectivity index (χ0v) is 8.54. The van der Waals surface area contributed by atoms with Crippen LogP contribution in [0, 0.1) is 0 Å². The van der Waals surface area contributed by atoms with Crippen LogP contribution in [0.5, 0.6) is 0 Å². The third-order valence-corrected chi connectivity index (χ3v) is 2.37. The molecule has 0 saturated carbocycles. The summed E-state index contributed by atoms with van der Waals surface area (Å²) >= 11 is 0. The summed E-state index contributed by atoms with van der Waals surface area (Å²) in [5, 5.41) is 2.60. The Labute approximate surface area is 79.2 Å². The van der Waals surface area contributed by atoms with Crippen molar-refractivity contribution in [3.8, 4) is 0 Å². The van der Waals surface area contributed by atoms with Gasteiger partial charge in [0.05, 0.1) is 6.61 Å². The van der Waals surface area contributed by atoms with Gasteiger partial charge in [0.1, 0.15) is 6.10 Å². The first-order valence-corrected chi connectivity index (χ1v) is 4.72. The SMILES string of the molecule is CNC(=O)[C@H]1CN(C(C)C)CCO1. The summed E-state index contributed by atoms with van der Waals surface area (Å²) in [5.41, 5.74) is 0. The van der Waals surface area contributed by atoms with Gasteiger partial charge in [0.2, 0.25) is 5.91 Å². The molecule has 1 saturated heterocycles. The van der Waals surface area contributed by atoms with Gasteiger partial charge in [-0.2, -0.15) is 0 Å². The highest BCUT2D eigenvalue weighted by molar-refractivity contribution is 5.80. The number of ether oxygens (including phenoxy) is 1. The van der Waals surface area contributed by atoms with Crippen molar-refractivity contribution in [2.75, 3.05) is 26.7 Å². The summed E-state index contributed by atoms with van der Waals surface area (Å²) in [6, 6.07) is 0.482. The molecular formula is C9H18N2O2. The standard InChI is InChI=1S/C9H18N2O2/c1-7(2)11-4-5-13-8(6-11)9(12)10-3/h7-8H,4-6H2,1-3H3,(H,10,12)/t8-/m1/s1. The Morgan fingerprint density at radius 3 is 2.85 bits per heavy atom. The van der Waals surface area contributed by atoms with E-state index in [-0.39, 0.29) is 12.0 Å². The number of hydrogen-bond acceptors (Lipinski definition) is 3. The van der Waals surface area contributed by atoms with Gasteiger partial charge in [-0.3, -0.25) is 9.69 Å². The van der Waals surface area contributed by atoms with Gasteiger partial charge in [-0.1, -0.05) is 0 Å². The number of morpholine rings is 1. The highest BCUT2D eigenvalue weighted by Crippen LogP contribution is 2.08. The normalized spacial score (nSPS) is 24.8. The van der Waals surface area contributed by atoms with E-state index < -0.39 is 0 Å². The Kier molecular flexibility index (Phi) is 3.69. The number of nitrogens with one attached hydrogen (secondary N) is 1. The Balaban J connectivity index is 2.46. The lowest BCUT2D eigenvalue weighted by molar-refractivity contribution is -0.138. The highest BCUT2D eigenvalue weighted by Gasteiger charge is 2.26. The zero-order chi connectivity index (χ0) is 9.84. The molecule has 1 heterocycles. The zero-order valence-electron chi connectivity index (χ0n) is 8.54. The molecule has 0 spiro atoms. The predicted octanol–water partition coefficient (Wildman–Crippen LogP) is -0.158. The lowest BCUT2D eigenvalue weighted by atomic mass is 10.2. The number of likely N-dealkylation sites (N-methyl/N-ethyl adjacent to an activating group) is 1. The van der Waals surface area contributed by atoms with Gasteiger partial charge in [0.25, 0.3) is 0 Å². The summed E-state index contributed by atoms with van der Waals surface area (Å²) in [6.45, 7) is 6.54. The van der Waals surface area contributed by atoms with E-state index >= 15 is 0 Å². The third kappa shape index (κ3) is 2.67. The third-order valence-electron chi connectivity index (χ3n) is 2.37. The molecule has 1 N–H and O–H groups in total. The Morgan fingerprint density at radius 1 is 1.62 bits per heavy atom. The van der Waals surface area contributed by atoms with E-state index in [1.54, 1.807) is 7.05 Å². The van der Waals surface area contributed by atoms with E-state index in [0.29, 0.717) is 19.2 Å². The van der Waals surface area contributed by atoms with Crippen molar-refractivity contribution in [3.63, 3.8) is 0 Å². The summed E-state index contributed by atoms with van der Waals surface area (Å²) in [7, 11) is 1.64. The van der Waals surface area contributed by atoms with E-state index in [9.17, 15) is 4.79 Å². The van der Waals surface area contributed by atoms with Crippen molar-refractivity contribution < 1.29 is 9.53 Å². The summed E-state index contributed by atoms with van der Waals surface area (Å²) in [5.74, 6) is -0.0228. The van der Waals surface area contributed by atoms with E-state index in [1.807, 2.05) is 0 Å². The number of hydrogen-bond donors (Lipinski definition) is 1. The maximum atomic E-state index is 11.3. The van der Waals surface area contributed by atoms with E-state index in [2.05, 4.69) is 24.1 Å². The fourth-order valence-corrected chi connectivity index (χ4v) is 1.46. The van der Waals surface area contributed by atoms with Gasteiger partial charge >= 0.3 is 0 Å². The molecule has 1 aliphatic heterocycles. The fraction of sp³-hybridized carbons (Fsp3) is 0.889. The lowest BCUT2D eigenvalue weighted by Gasteiger charge is -2.34. The van der Waals surface area contributed by atoms with Gasteiger partial charge in [-0.25, -0.2) is 0 Å². The highest BCUT2D eigenvalue weighted by atomic mass is 16.5. The maximum absolute atomic E-state index is 11.3. The fourth-order valence-electron chi connectivity index (χ4n) is 1.46. The summed E-state index contributed by atoms with van der Waals surface area (Å²) in [4.78, 5) is 13.5. The molecule has 0 aromatic heterocycles. The summed E-state index contributed by atoms with van der Waals surface area (Å²) < 4.78 is 5.36. The van der Waals surface area contributed by atoms with E-state index in [4.69, 9.17) is 4.74 Å². The van der Waals surface area contributed by atoms with E-state index in [1.165, 1.54) is 0 Å². The van der Waals surface area contributed by atoms with Crippen LogP contribution in [-0.2, 0) is 9.53 Å². The average molecular weight is 186 g/mol. The molecule has 13 heavy (non-hydrogen) atoms. The van der Waals surface area contributed by atoms with Crippen LogP contribution in [0.25, 0.3) is 0 Å². The van der Waals surface area contributed by atoms with Crippen molar-refractivity contribution in [1.29, 1.82) is 0 Å². The molecular weight excluding hydrogens is 168 g/mol. The van der Waals surface area contributed by atoms with Gasteiger partial charge in [0.15, 0.2) is 0 Å². The molecule has 1 rings (SSSR count). The quantitative estimate of drug-likeness (QED) is 0.651. The Hall–Kier alpha value is -0.610. The Morgan fingerprint density at radius 2 is 2.31 bits per heavy atom. The number of carbonyl (C=O) groups excluding carboxylic acids is 1. The minimum absolute atomic E-state index is 0.0228. The lowest BCUT2D eigenvalue weighted by Crippen LogP contribution is -2.51. The molecule has 4 nitrogen and oxygen atoms in total. The van der Waals surface area contributed by atoms with Crippen LogP contribution in [0.15, 0.2) is 0 Å². The van der Waals surface area contributed by atoms with Gasteiger partial charge < -0.3 is 10.1 Å². The van der Waals surface area contributed by atoms with Gasteiger partial charge in [0, 0.05) is 26.2 Å². The average Bonchev–Trinajstić information content (AvgIpc) is 2.17. The molecule has 1 aliphatic rings. The molecule has 0 aliphatic carbocycles. The van der Waals surface area contributed by atoms with Crippen LogP contribution in [0.2, 0.25) is 0 Å². The number of carbonyl (C=O) groups is 1. The molecule has 1 atom stereocenters. The second kappa shape index (κ2) is 4.58. The van der Waals surface area contributed by atoms with Crippen LogP contribution in [0.4, 0.5) is 0 Å². The van der Waals surface area contributed by atoms with Crippen LogP contribution >= 0.6 is 0 Å². The van der Waals surface area contributed by atoms with Gasteiger partial charge in [-0.05, 0) is 13.8 Å². The number of amides is 1. The topological polar surface area (TPSA) is 41.6 Å². The second-order valence-electron chi connectivity index (χ2n) is 3.56. The largest absolute Gasteiger partial charge is 0.366 e. The monoisotopic (exact) mass is 186 g/mol. The minimum atomic E-state index is -0.291. The van der Waals surface area contributed by atoms with E-state index in [0.717, 1.165) is 6.54 Å². The molecule has 4 heteroatoms. The Bertz CT molecular complexity index is 182. The first-order chi connectivity index (χ1) is 6.15. The van der Waals surface area contributed by atoms with Crippen LogP contribution in [0.1, 0.15) is 13.8 Å². The van der Waals surface area contributed by atoms with Gasteiger partial charge in [-0.15, -0.1) is 0 Å². The molecule has 0 radical (unpaired) electrons. The second-order valence-corrected chi connectivity index (χ2v) is 3.56. The van der Waals surface area contributed by atoms with Crippen molar-refractivity contribution in [1.82, 2.24) is 10.2 Å². The predicted molar refractivity (Wildman–Crippen MR) is 50.5 cm³/mol. The summed E-state index contributed by atoms with van der Waals surface area (Å²) in [6.07, 6.45) is -0.291. The van der Waals surface area contributed by atoms with Crippen LogP contribution in [0.3, 0.4) is 0 Å². The number of nitrogens with zero attached hydrogens (tertiary/aromatic N) is 1. The smallest absolute Gasteiger partial charge is 0.250 e. The molecule has 76 valence electrons. The van der Waals surface area contributed by atoms with Crippen molar-refractivity contribution in [2.45, 2.75) is 26.0 Å². The molecule has 1 amide bonds. The van der Waals surface area contributed by atoms with Crippen molar-refractivity contribution in [2.24, 2.45) is 0 Å². The molecule has 0 unspecified atom stereocenters. The van der Waals surface area contributed by atoms with Crippen molar-refractivity contribution >= 4 is 5.91 Å². The minimum Gasteiger partial charge on any atom is -0.366 e. The first kappa shape index (κ1) is 10.5. The molecule has 0 aromatic rings. The van der Waals surface area contributed by atoms with Crippen molar-refractivity contribution in [3.05, 3.63) is 0 Å². The van der Waals surface area contributed by atoms with Crippen LogP contribution in [-0.4, -0.2) is 49.7 Å².